The van der Waals surface area contributed by atoms with E-state index in [1.807, 2.05) is 43.0 Å². The first kappa shape index (κ1) is 21.0. The summed E-state index contributed by atoms with van der Waals surface area (Å²) >= 11 is 0. The average molecular weight is 397 g/mol. The summed E-state index contributed by atoms with van der Waals surface area (Å²) in [6, 6.07) is 12.3. The molecule has 1 unspecified atom stereocenters. The van der Waals surface area contributed by atoms with Gasteiger partial charge < -0.3 is 10.2 Å². The first-order chi connectivity index (χ1) is 13.8. The number of hydrogen-bond donors (Lipinski definition) is 1. The Hall–Kier alpha value is -2.73. The van der Waals surface area contributed by atoms with Gasteiger partial charge in [0.15, 0.2) is 0 Å². The Labute approximate surface area is 171 Å². The quantitative estimate of drug-likeness (QED) is 0.843. The molecule has 1 heterocycles. The first-order valence-electron chi connectivity index (χ1n) is 9.98. The summed E-state index contributed by atoms with van der Waals surface area (Å²) in [6.45, 7) is 8.00. The summed E-state index contributed by atoms with van der Waals surface area (Å²) in [4.78, 5) is 29.1. The van der Waals surface area contributed by atoms with Crippen LogP contribution in [-0.4, -0.2) is 53.8 Å². The number of carbonyl (C=O) groups excluding carboxylic acids is 2. The minimum absolute atomic E-state index is 0.117. The molecule has 3 rings (SSSR count). The van der Waals surface area contributed by atoms with Crippen LogP contribution in [0.3, 0.4) is 0 Å². The Balaban J connectivity index is 1.51. The molecule has 2 aromatic rings. The standard InChI is InChI=1S/C23H28FN3O2/c1-16-6-4-5-7-19(16)14-22(28)27-12-10-26(11-13-27)18(3)23(29)25-20-9-8-17(2)21(24)15-20/h4-9,15,18H,10-14H2,1-3H3,(H,25,29). The summed E-state index contributed by atoms with van der Waals surface area (Å²) in [7, 11) is 0. The molecule has 0 saturated carbocycles. The van der Waals surface area contributed by atoms with E-state index in [1.165, 1.54) is 6.07 Å². The number of nitrogens with one attached hydrogen (secondary N) is 1. The lowest BCUT2D eigenvalue weighted by atomic mass is 10.0. The van der Waals surface area contributed by atoms with E-state index in [9.17, 15) is 14.0 Å². The molecule has 1 aliphatic rings. The molecule has 1 aliphatic heterocycles. The molecule has 0 spiro atoms. The lowest BCUT2D eigenvalue weighted by Gasteiger charge is -2.37. The third-order valence-corrected chi connectivity index (χ3v) is 5.64. The van der Waals surface area contributed by atoms with E-state index in [2.05, 4.69) is 10.2 Å². The summed E-state index contributed by atoms with van der Waals surface area (Å²) in [6.07, 6.45) is 0.404. The van der Waals surface area contributed by atoms with Crippen molar-refractivity contribution in [2.24, 2.45) is 0 Å². The molecule has 29 heavy (non-hydrogen) atoms. The largest absolute Gasteiger partial charge is 0.340 e. The van der Waals surface area contributed by atoms with Gasteiger partial charge in [-0.15, -0.1) is 0 Å². The molecule has 0 aromatic heterocycles. The Morgan fingerprint density at radius 2 is 1.72 bits per heavy atom. The average Bonchev–Trinajstić information content (AvgIpc) is 2.72. The number of halogens is 1. The van der Waals surface area contributed by atoms with E-state index in [0.29, 0.717) is 43.9 Å². The van der Waals surface area contributed by atoms with E-state index in [-0.39, 0.29) is 23.7 Å². The van der Waals surface area contributed by atoms with Crippen molar-refractivity contribution in [3.05, 3.63) is 65.0 Å². The van der Waals surface area contributed by atoms with Crippen LogP contribution < -0.4 is 5.32 Å². The third-order valence-electron chi connectivity index (χ3n) is 5.64. The molecule has 1 N–H and O–H groups in total. The molecule has 6 heteroatoms. The van der Waals surface area contributed by atoms with Crippen LogP contribution in [0.25, 0.3) is 0 Å². The lowest BCUT2D eigenvalue weighted by molar-refractivity contribution is -0.133. The zero-order valence-corrected chi connectivity index (χ0v) is 17.2. The number of piperazine rings is 1. The van der Waals surface area contributed by atoms with E-state index in [4.69, 9.17) is 0 Å². The van der Waals surface area contributed by atoms with Crippen LogP contribution in [0.4, 0.5) is 10.1 Å². The van der Waals surface area contributed by atoms with Crippen molar-refractivity contribution in [2.75, 3.05) is 31.5 Å². The van der Waals surface area contributed by atoms with Crippen LogP contribution in [0.2, 0.25) is 0 Å². The summed E-state index contributed by atoms with van der Waals surface area (Å²) in [5.41, 5.74) is 3.18. The van der Waals surface area contributed by atoms with Gasteiger partial charge in [0.1, 0.15) is 5.82 Å². The van der Waals surface area contributed by atoms with Crippen LogP contribution >= 0.6 is 0 Å². The van der Waals surface area contributed by atoms with Gasteiger partial charge in [-0.2, -0.15) is 0 Å². The molecule has 0 aliphatic carbocycles. The fourth-order valence-electron chi connectivity index (χ4n) is 3.52. The highest BCUT2D eigenvalue weighted by Crippen LogP contribution is 2.16. The van der Waals surface area contributed by atoms with Crippen LogP contribution in [0.5, 0.6) is 0 Å². The number of nitrogens with zero attached hydrogens (tertiary/aromatic N) is 2. The second kappa shape index (κ2) is 9.18. The van der Waals surface area contributed by atoms with Crippen molar-refractivity contribution in [1.82, 2.24) is 9.80 Å². The molecule has 2 aromatic carbocycles. The van der Waals surface area contributed by atoms with Crippen LogP contribution in [0.15, 0.2) is 42.5 Å². The fraction of sp³-hybridized carbons (Fsp3) is 0.391. The van der Waals surface area contributed by atoms with Gasteiger partial charge >= 0.3 is 0 Å². The monoisotopic (exact) mass is 397 g/mol. The maximum atomic E-state index is 13.7. The van der Waals surface area contributed by atoms with Crippen molar-refractivity contribution in [2.45, 2.75) is 33.2 Å². The van der Waals surface area contributed by atoms with Gasteiger partial charge in [0.2, 0.25) is 11.8 Å². The van der Waals surface area contributed by atoms with Gasteiger partial charge in [-0.1, -0.05) is 30.3 Å². The van der Waals surface area contributed by atoms with Gasteiger partial charge in [0.25, 0.3) is 0 Å². The summed E-state index contributed by atoms with van der Waals surface area (Å²) < 4.78 is 13.7. The number of hydrogen-bond acceptors (Lipinski definition) is 3. The summed E-state index contributed by atoms with van der Waals surface area (Å²) in [5.74, 6) is -0.393. The highest BCUT2D eigenvalue weighted by atomic mass is 19.1. The maximum absolute atomic E-state index is 13.7. The number of amides is 2. The molecule has 1 saturated heterocycles. The van der Waals surface area contributed by atoms with Crippen molar-refractivity contribution in [1.29, 1.82) is 0 Å². The van der Waals surface area contributed by atoms with Gasteiger partial charge in [-0.25, -0.2) is 4.39 Å². The van der Waals surface area contributed by atoms with Crippen LogP contribution in [0, 0.1) is 19.7 Å². The Morgan fingerprint density at radius 1 is 1.03 bits per heavy atom. The van der Waals surface area contributed by atoms with Gasteiger partial charge in [-0.3, -0.25) is 14.5 Å². The van der Waals surface area contributed by atoms with E-state index in [1.54, 1.807) is 19.1 Å². The van der Waals surface area contributed by atoms with Crippen molar-refractivity contribution in [3.63, 3.8) is 0 Å². The van der Waals surface area contributed by atoms with Crippen molar-refractivity contribution in [3.8, 4) is 0 Å². The van der Waals surface area contributed by atoms with Crippen molar-refractivity contribution >= 4 is 17.5 Å². The fourth-order valence-corrected chi connectivity index (χ4v) is 3.52. The first-order valence-corrected chi connectivity index (χ1v) is 9.98. The Bertz CT molecular complexity index is 891. The van der Waals surface area contributed by atoms with E-state index in [0.717, 1.165) is 11.1 Å². The summed E-state index contributed by atoms with van der Waals surface area (Å²) in [5, 5.41) is 2.78. The Morgan fingerprint density at radius 3 is 2.38 bits per heavy atom. The molecule has 2 amide bonds. The number of carbonyl (C=O) groups is 2. The number of benzene rings is 2. The molecular weight excluding hydrogens is 369 g/mol. The normalized spacial score (nSPS) is 15.8. The van der Waals surface area contributed by atoms with Gasteiger partial charge in [0, 0.05) is 31.9 Å². The molecule has 0 bridgehead atoms. The third kappa shape index (κ3) is 5.21. The van der Waals surface area contributed by atoms with E-state index >= 15 is 0 Å². The number of aryl methyl sites for hydroxylation is 2. The molecule has 154 valence electrons. The van der Waals surface area contributed by atoms with Crippen LogP contribution in [-0.2, 0) is 16.0 Å². The van der Waals surface area contributed by atoms with Crippen molar-refractivity contribution < 1.29 is 14.0 Å². The maximum Gasteiger partial charge on any atom is 0.241 e. The molecular formula is C23H28FN3O2. The number of anilines is 1. The Kier molecular flexibility index (Phi) is 6.64. The predicted octanol–water partition coefficient (Wildman–Crippen LogP) is 3.16. The van der Waals surface area contributed by atoms with E-state index < -0.39 is 0 Å². The second-order valence-corrected chi connectivity index (χ2v) is 7.65. The molecule has 0 radical (unpaired) electrons. The molecule has 5 nitrogen and oxygen atoms in total. The highest BCUT2D eigenvalue weighted by molar-refractivity contribution is 5.94. The zero-order valence-electron chi connectivity index (χ0n) is 17.2. The smallest absolute Gasteiger partial charge is 0.241 e. The highest BCUT2D eigenvalue weighted by Gasteiger charge is 2.27. The zero-order chi connectivity index (χ0) is 21.0. The SMILES string of the molecule is Cc1ccc(NC(=O)C(C)N2CCN(C(=O)Cc3ccccc3C)CC2)cc1F. The number of rotatable bonds is 5. The molecule has 1 fully saturated rings. The minimum Gasteiger partial charge on any atom is -0.340 e. The minimum atomic E-state index is -0.354. The lowest BCUT2D eigenvalue weighted by Crippen LogP contribution is -2.54. The van der Waals surface area contributed by atoms with Crippen LogP contribution in [0.1, 0.15) is 23.6 Å². The topological polar surface area (TPSA) is 52.7 Å². The van der Waals surface area contributed by atoms with Gasteiger partial charge in [0.05, 0.1) is 12.5 Å². The second-order valence-electron chi connectivity index (χ2n) is 7.65. The van der Waals surface area contributed by atoms with Gasteiger partial charge in [-0.05, 0) is 49.6 Å². The predicted molar refractivity (Wildman–Crippen MR) is 112 cm³/mol. The molecule has 1 atom stereocenters.